The van der Waals surface area contributed by atoms with Crippen LogP contribution in [0.3, 0.4) is 0 Å². The lowest BCUT2D eigenvalue weighted by Crippen LogP contribution is -2.23. The molecule has 1 aromatic rings. The van der Waals surface area contributed by atoms with Crippen LogP contribution in [-0.2, 0) is 11.2 Å². The molecule has 0 amide bonds. The summed E-state index contributed by atoms with van der Waals surface area (Å²) in [6, 6.07) is 1.36. The summed E-state index contributed by atoms with van der Waals surface area (Å²) in [5.74, 6) is -1.63. The first-order valence-electron chi connectivity index (χ1n) is 5.05. The van der Waals surface area contributed by atoms with Crippen LogP contribution in [-0.4, -0.2) is 22.5 Å². The van der Waals surface area contributed by atoms with Crippen LogP contribution in [0.25, 0.3) is 0 Å². The van der Waals surface area contributed by atoms with E-state index in [0.29, 0.717) is 19.4 Å². The minimum Gasteiger partial charge on any atom is -0.366 e. The van der Waals surface area contributed by atoms with Crippen molar-refractivity contribution in [3.05, 3.63) is 28.8 Å². The van der Waals surface area contributed by atoms with Crippen LogP contribution in [0.15, 0.2) is 12.3 Å². The molecule has 0 aliphatic heterocycles. The van der Waals surface area contributed by atoms with Gasteiger partial charge < -0.3 is 9.84 Å². The molecule has 1 heterocycles. The molecule has 0 spiro atoms. The second-order valence-corrected chi connectivity index (χ2v) is 4.37. The van der Waals surface area contributed by atoms with E-state index in [2.05, 4.69) is 4.98 Å². The molecule has 3 nitrogen and oxygen atoms in total. The smallest absolute Gasteiger partial charge is 0.164 e. The summed E-state index contributed by atoms with van der Waals surface area (Å²) in [5, 5.41) is 9.17. The molecule has 0 aromatic carbocycles. The predicted molar refractivity (Wildman–Crippen MR) is 59.8 cm³/mol. The molecule has 1 N–H and O–H groups in total. The molecule has 0 aliphatic carbocycles. The van der Waals surface area contributed by atoms with Crippen molar-refractivity contribution in [3.8, 4) is 0 Å². The Bertz CT molecular complexity index is 352. The fourth-order valence-electron chi connectivity index (χ4n) is 1.20. The number of hydrogen-bond donors (Lipinski definition) is 1. The molecule has 0 saturated heterocycles. The normalized spacial score (nSPS) is 11.8. The van der Waals surface area contributed by atoms with Gasteiger partial charge in [0.2, 0.25) is 0 Å². The largest absolute Gasteiger partial charge is 0.366 e. The van der Waals surface area contributed by atoms with Crippen LogP contribution in [0.2, 0.25) is 5.15 Å². The molecule has 5 heteroatoms. The standard InChI is InChI=1S/C11H15ClFNO2/c1-11(2,15)16-5-3-4-8-6-9(13)10(12)14-7-8/h6-7,15H,3-5H2,1-2H3. The topological polar surface area (TPSA) is 42.4 Å². The maximum Gasteiger partial charge on any atom is 0.164 e. The Hall–Kier alpha value is -0.710. The maximum atomic E-state index is 13.0. The molecule has 90 valence electrons. The van der Waals surface area contributed by atoms with E-state index in [1.807, 2.05) is 0 Å². The lowest BCUT2D eigenvalue weighted by molar-refractivity contribution is -0.176. The minimum absolute atomic E-state index is 0.114. The SMILES string of the molecule is CC(C)(O)OCCCc1cnc(Cl)c(F)c1. The van der Waals surface area contributed by atoms with E-state index in [-0.39, 0.29) is 5.15 Å². The lowest BCUT2D eigenvalue weighted by atomic mass is 10.1. The summed E-state index contributed by atoms with van der Waals surface area (Å²) in [5.41, 5.74) is 0.765. The summed E-state index contributed by atoms with van der Waals surface area (Å²) in [7, 11) is 0. The van der Waals surface area contributed by atoms with Gasteiger partial charge in [-0.15, -0.1) is 0 Å². The first-order chi connectivity index (χ1) is 7.38. The summed E-state index contributed by atoms with van der Waals surface area (Å²) < 4.78 is 18.1. The van der Waals surface area contributed by atoms with E-state index in [9.17, 15) is 9.50 Å². The number of hydrogen-bond acceptors (Lipinski definition) is 3. The Kier molecular flexibility index (Phi) is 4.65. The highest BCUT2D eigenvalue weighted by atomic mass is 35.5. The fourth-order valence-corrected chi connectivity index (χ4v) is 1.30. The molecule has 0 radical (unpaired) electrons. The Morgan fingerprint density at radius 1 is 1.56 bits per heavy atom. The van der Waals surface area contributed by atoms with Gasteiger partial charge in [0, 0.05) is 6.20 Å². The number of aryl methyl sites for hydroxylation is 1. The average molecular weight is 248 g/mol. The van der Waals surface area contributed by atoms with Crippen LogP contribution in [0.4, 0.5) is 4.39 Å². The number of aliphatic hydroxyl groups is 1. The zero-order chi connectivity index (χ0) is 12.2. The van der Waals surface area contributed by atoms with Crippen LogP contribution < -0.4 is 0 Å². The van der Waals surface area contributed by atoms with Gasteiger partial charge in [0.1, 0.15) is 0 Å². The highest BCUT2D eigenvalue weighted by molar-refractivity contribution is 6.29. The Balaban J connectivity index is 2.35. The number of rotatable bonds is 5. The molecule has 0 saturated carbocycles. The van der Waals surface area contributed by atoms with Crippen molar-refractivity contribution in [2.75, 3.05) is 6.61 Å². The monoisotopic (exact) mass is 247 g/mol. The third-order valence-corrected chi connectivity index (χ3v) is 2.20. The van der Waals surface area contributed by atoms with Gasteiger partial charge in [-0.25, -0.2) is 9.37 Å². The number of ether oxygens (including phenoxy) is 1. The number of nitrogens with zero attached hydrogens (tertiary/aromatic N) is 1. The van der Waals surface area contributed by atoms with E-state index < -0.39 is 11.6 Å². The van der Waals surface area contributed by atoms with Crippen molar-refractivity contribution in [1.29, 1.82) is 0 Å². The highest BCUT2D eigenvalue weighted by Crippen LogP contribution is 2.13. The second kappa shape index (κ2) is 5.57. The van der Waals surface area contributed by atoms with Gasteiger partial charge in [-0.3, -0.25) is 0 Å². The van der Waals surface area contributed by atoms with Gasteiger partial charge in [-0.05, 0) is 38.3 Å². The third kappa shape index (κ3) is 4.88. The van der Waals surface area contributed by atoms with Gasteiger partial charge in [-0.1, -0.05) is 11.6 Å². The van der Waals surface area contributed by atoms with E-state index in [0.717, 1.165) is 5.56 Å². The highest BCUT2D eigenvalue weighted by Gasteiger charge is 2.11. The van der Waals surface area contributed by atoms with Gasteiger partial charge >= 0.3 is 0 Å². The zero-order valence-corrected chi connectivity index (χ0v) is 10.1. The number of aromatic nitrogens is 1. The maximum absolute atomic E-state index is 13.0. The van der Waals surface area contributed by atoms with E-state index >= 15 is 0 Å². The molecule has 1 aromatic heterocycles. The Morgan fingerprint density at radius 3 is 2.81 bits per heavy atom. The van der Waals surface area contributed by atoms with Crippen LogP contribution in [0, 0.1) is 5.82 Å². The van der Waals surface area contributed by atoms with Crippen LogP contribution >= 0.6 is 11.6 Å². The third-order valence-electron chi connectivity index (χ3n) is 1.92. The summed E-state index contributed by atoms with van der Waals surface area (Å²) in [6.07, 6.45) is 2.86. The number of halogens is 2. The van der Waals surface area contributed by atoms with Gasteiger partial charge in [-0.2, -0.15) is 0 Å². The fraction of sp³-hybridized carbons (Fsp3) is 0.545. The molecular weight excluding hydrogens is 233 g/mol. The zero-order valence-electron chi connectivity index (χ0n) is 9.33. The quantitative estimate of drug-likeness (QED) is 0.494. The molecule has 0 atom stereocenters. The second-order valence-electron chi connectivity index (χ2n) is 4.01. The van der Waals surface area contributed by atoms with Crippen LogP contribution in [0.5, 0.6) is 0 Å². The summed E-state index contributed by atoms with van der Waals surface area (Å²) in [4.78, 5) is 3.71. The van der Waals surface area contributed by atoms with Crippen molar-refractivity contribution in [2.45, 2.75) is 32.5 Å². The van der Waals surface area contributed by atoms with E-state index in [4.69, 9.17) is 16.3 Å². The van der Waals surface area contributed by atoms with Crippen molar-refractivity contribution >= 4 is 11.6 Å². The first kappa shape index (κ1) is 13.4. The van der Waals surface area contributed by atoms with Crippen molar-refractivity contribution in [1.82, 2.24) is 4.98 Å². The van der Waals surface area contributed by atoms with Gasteiger partial charge in [0.05, 0.1) is 6.61 Å². The molecule has 0 fully saturated rings. The Labute approximate surface area is 99.2 Å². The van der Waals surface area contributed by atoms with Crippen molar-refractivity contribution < 1.29 is 14.2 Å². The average Bonchev–Trinajstić information content (AvgIpc) is 2.17. The van der Waals surface area contributed by atoms with Gasteiger partial charge in [0.25, 0.3) is 0 Å². The van der Waals surface area contributed by atoms with E-state index in [1.165, 1.54) is 12.3 Å². The molecule has 1 rings (SSSR count). The summed E-state index contributed by atoms with van der Waals surface area (Å²) >= 11 is 5.46. The summed E-state index contributed by atoms with van der Waals surface area (Å²) in [6.45, 7) is 3.54. The van der Waals surface area contributed by atoms with Crippen LogP contribution in [0.1, 0.15) is 25.8 Å². The van der Waals surface area contributed by atoms with Gasteiger partial charge in [0.15, 0.2) is 16.8 Å². The molecule has 16 heavy (non-hydrogen) atoms. The van der Waals surface area contributed by atoms with Crippen molar-refractivity contribution in [2.24, 2.45) is 0 Å². The van der Waals surface area contributed by atoms with E-state index in [1.54, 1.807) is 13.8 Å². The number of pyridine rings is 1. The lowest BCUT2D eigenvalue weighted by Gasteiger charge is -2.17. The first-order valence-corrected chi connectivity index (χ1v) is 5.42. The molecule has 0 bridgehead atoms. The molecular formula is C11H15ClFNO2. The van der Waals surface area contributed by atoms with Crippen molar-refractivity contribution in [3.63, 3.8) is 0 Å². The Morgan fingerprint density at radius 2 is 2.25 bits per heavy atom. The molecule has 0 unspecified atom stereocenters. The molecule has 0 aliphatic rings. The minimum atomic E-state index is -1.12. The predicted octanol–water partition coefficient (Wildman–Crippen LogP) is 2.55.